The van der Waals surface area contributed by atoms with Crippen LogP contribution in [0.1, 0.15) is 5.56 Å². The number of alkyl halides is 4. The smallest absolute Gasteiger partial charge is 0.421 e. The third kappa shape index (κ3) is 2.08. The van der Waals surface area contributed by atoms with Crippen molar-refractivity contribution in [3.63, 3.8) is 0 Å². The van der Waals surface area contributed by atoms with E-state index in [2.05, 4.69) is 9.47 Å². The molecule has 2 rings (SSSR count). The van der Waals surface area contributed by atoms with Crippen LogP contribution >= 0.6 is 11.6 Å². The molecule has 0 bridgehead atoms. The normalized spacial score (nSPS) is 19.7. The molecule has 3 nitrogen and oxygen atoms in total. The van der Waals surface area contributed by atoms with E-state index >= 15 is 0 Å². The lowest BCUT2D eigenvalue weighted by molar-refractivity contribution is -0.391. The summed E-state index contributed by atoms with van der Waals surface area (Å²) in [5.74, 6) is -1.02. The second kappa shape index (κ2) is 4.17. The highest BCUT2D eigenvalue weighted by Crippen LogP contribution is 2.48. The molecule has 0 atom stereocenters. The number of rotatable bonds is 2. The Labute approximate surface area is 104 Å². The summed E-state index contributed by atoms with van der Waals surface area (Å²) in [4.78, 5) is 0. The van der Waals surface area contributed by atoms with E-state index in [9.17, 15) is 17.6 Å². The fraction of sp³-hybridized carbons (Fsp3) is 0.400. The van der Waals surface area contributed by atoms with Gasteiger partial charge in [0.2, 0.25) is 0 Å². The Morgan fingerprint density at radius 1 is 1.06 bits per heavy atom. The minimum absolute atomic E-state index is 0.101. The summed E-state index contributed by atoms with van der Waals surface area (Å²) in [5.41, 5.74) is 5.72. The molecule has 8 heteroatoms. The number of hydrogen-bond donors (Lipinski definition) is 1. The van der Waals surface area contributed by atoms with Crippen LogP contribution in [0.15, 0.2) is 12.1 Å². The van der Waals surface area contributed by atoms with Crippen LogP contribution in [-0.4, -0.2) is 18.8 Å². The van der Waals surface area contributed by atoms with Gasteiger partial charge in [-0.15, -0.1) is 0 Å². The van der Waals surface area contributed by atoms with Crippen molar-refractivity contribution in [2.75, 3.05) is 6.54 Å². The first-order valence-electron chi connectivity index (χ1n) is 4.93. The van der Waals surface area contributed by atoms with Gasteiger partial charge >= 0.3 is 12.2 Å². The summed E-state index contributed by atoms with van der Waals surface area (Å²) >= 11 is 5.78. The topological polar surface area (TPSA) is 44.5 Å². The largest absolute Gasteiger partial charge is 0.507 e. The Bertz CT molecular complexity index is 481. The molecule has 0 aliphatic carbocycles. The first kappa shape index (κ1) is 13.2. The van der Waals surface area contributed by atoms with Crippen LogP contribution in [0.2, 0.25) is 5.02 Å². The molecule has 1 aliphatic heterocycles. The van der Waals surface area contributed by atoms with Crippen molar-refractivity contribution in [2.45, 2.75) is 18.6 Å². The Morgan fingerprint density at radius 2 is 1.56 bits per heavy atom. The lowest BCUT2D eigenvalue weighted by Gasteiger charge is -2.32. The monoisotopic (exact) mass is 285 g/mol. The van der Waals surface area contributed by atoms with Gasteiger partial charge in [-0.1, -0.05) is 11.6 Å². The van der Waals surface area contributed by atoms with Gasteiger partial charge in [0.05, 0.1) is 0 Å². The predicted molar refractivity (Wildman–Crippen MR) is 55.4 cm³/mol. The minimum Gasteiger partial charge on any atom is -0.421 e. The fourth-order valence-corrected chi connectivity index (χ4v) is 1.73. The summed E-state index contributed by atoms with van der Waals surface area (Å²) < 4.78 is 59.5. The van der Waals surface area contributed by atoms with E-state index in [0.717, 1.165) is 12.1 Å². The molecule has 0 radical (unpaired) electrons. The average Bonchev–Trinajstić information content (AvgIpc) is 2.22. The quantitative estimate of drug-likeness (QED) is 0.850. The number of benzene rings is 1. The zero-order chi connectivity index (χ0) is 13.6. The SMILES string of the molecule is NCCc1cc2c(cc1Cl)OC(F)(F)C(F)(F)O2. The highest BCUT2D eigenvalue weighted by Gasteiger charge is 2.66. The molecule has 1 aliphatic rings. The predicted octanol–water partition coefficient (Wildman–Crippen LogP) is 2.80. The summed E-state index contributed by atoms with van der Waals surface area (Å²) in [6, 6.07) is 2.12. The van der Waals surface area contributed by atoms with E-state index in [0.29, 0.717) is 12.0 Å². The van der Waals surface area contributed by atoms with E-state index < -0.39 is 23.7 Å². The molecular formula is C10H8ClF4NO2. The molecule has 1 aromatic rings. The van der Waals surface area contributed by atoms with Gasteiger partial charge in [-0.05, 0) is 24.6 Å². The maximum atomic E-state index is 12.9. The van der Waals surface area contributed by atoms with Crippen molar-refractivity contribution >= 4 is 11.6 Å². The Morgan fingerprint density at radius 3 is 2.06 bits per heavy atom. The van der Waals surface area contributed by atoms with Gasteiger partial charge in [0, 0.05) is 11.1 Å². The molecule has 18 heavy (non-hydrogen) atoms. The Balaban J connectivity index is 2.44. The number of fused-ring (bicyclic) bond motifs is 1. The van der Waals surface area contributed by atoms with Crippen LogP contribution < -0.4 is 15.2 Å². The first-order valence-corrected chi connectivity index (χ1v) is 5.31. The molecule has 0 spiro atoms. The van der Waals surface area contributed by atoms with Gasteiger partial charge in [0.15, 0.2) is 11.5 Å². The molecule has 0 unspecified atom stereocenters. The molecule has 2 N–H and O–H groups in total. The van der Waals surface area contributed by atoms with Gasteiger partial charge in [-0.2, -0.15) is 17.6 Å². The van der Waals surface area contributed by atoms with E-state index in [1.807, 2.05) is 0 Å². The van der Waals surface area contributed by atoms with Gasteiger partial charge in [0.25, 0.3) is 0 Å². The molecule has 0 amide bonds. The standard InChI is InChI=1S/C10H8ClF4NO2/c11-6-4-8-7(3-5(6)1-2-16)17-9(12,13)10(14,15)18-8/h3-4H,1-2,16H2. The van der Waals surface area contributed by atoms with Crippen LogP contribution in [-0.2, 0) is 6.42 Å². The van der Waals surface area contributed by atoms with E-state index in [1.54, 1.807) is 0 Å². The van der Waals surface area contributed by atoms with Crippen molar-refractivity contribution in [2.24, 2.45) is 5.73 Å². The van der Waals surface area contributed by atoms with Crippen LogP contribution in [0, 0.1) is 0 Å². The third-order valence-electron chi connectivity index (χ3n) is 2.34. The van der Waals surface area contributed by atoms with Crippen molar-refractivity contribution in [1.29, 1.82) is 0 Å². The molecule has 0 fully saturated rings. The zero-order valence-electron chi connectivity index (χ0n) is 8.85. The summed E-state index contributed by atoms with van der Waals surface area (Å²) in [6.45, 7) is 0.228. The Hall–Kier alpha value is -1.21. The van der Waals surface area contributed by atoms with Gasteiger partial charge in [-0.3, -0.25) is 0 Å². The second-order valence-electron chi connectivity index (χ2n) is 3.67. The fourth-order valence-electron chi connectivity index (χ4n) is 1.48. The molecular weight excluding hydrogens is 278 g/mol. The van der Waals surface area contributed by atoms with Crippen molar-refractivity contribution in [3.8, 4) is 11.5 Å². The molecule has 0 saturated carbocycles. The molecule has 1 heterocycles. The van der Waals surface area contributed by atoms with E-state index in [1.165, 1.54) is 0 Å². The lowest BCUT2D eigenvalue weighted by atomic mass is 10.1. The highest BCUT2D eigenvalue weighted by atomic mass is 35.5. The maximum Gasteiger partial charge on any atom is 0.507 e. The van der Waals surface area contributed by atoms with E-state index in [-0.39, 0.29) is 11.6 Å². The highest BCUT2D eigenvalue weighted by molar-refractivity contribution is 6.31. The van der Waals surface area contributed by atoms with Crippen molar-refractivity contribution in [1.82, 2.24) is 0 Å². The van der Waals surface area contributed by atoms with Crippen LogP contribution in [0.5, 0.6) is 11.5 Å². The Kier molecular flexibility index (Phi) is 3.06. The van der Waals surface area contributed by atoms with Crippen molar-refractivity contribution < 1.29 is 27.0 Å². The number of halogens is 5. The zero-order valence-corrected chi connectivity index (χ0v) is 9.61. The number of ether oxygens (including phenoxy) is 2. The van der Waals surface area contributed by atoms with Crippen LogP contribution in [0.3, 0.4) is 0 Å². The number of nitrogens with two attached hydrogens (primary N) is 1. The summed E-state index contributed by atoms with van der Waals surface area (Å²) in [7, 11) is 0. The maximum absolute atomic E-state index is 12.9. The van der Waals surface area contributed by atoms with Gasteiger partial charge < -0.3 is 15.2 Å². The molecule has 100 valence electrons. The summed E-state index contributed by atoms with van der Waals surface area (Å²) in [5, 5.41) is 0.101. The second-order valence-corrected chi connectivity index (χ2v) is 4.07. The summed E-state index contributed by atoms with van der Waals surface area (Å²) in [6.07, 6.45) is -9.16. The molecule has 0 saturated heterocycles. The van der Waals surface area contributed by atoms with Gasteiger partial charge in [0.1, 0.15) is 0 Å². The van der Waals surface area contributed by atoms with Crippen LogP contribution in [0.4, 0.5) is 17.6 Å². The van der Waals surface area contributed by atoms with Gasteiger partial charge in [-0.25, -0.2) is 0 Å². The first-order chi connectivity index (χ1) is 8.27. The molecule has 0 aromatic heterocycles. The third-order valence-corrected chi connectivity index (χ3v) is 2.69. The average molecular weight is 286 g/mol. The molecule has 1 aromatic carbocycles. The van der Waals surface area contributed by atoms with Crippen molar-refractivity contribution in [3.05, 3.63) is 22.7 Å². The van der Waals surface area contributed by atoms with E-state index in [4.69, 9.17) is 17.3 Å². The van der Waals surface area contributed by atoms with Crippen LogP contribution in [0.25, 0.3) is 0 Å². The lowest BCUT2D eigenvalue weighted by Crippen LogP contribution is -2.52. The number of hydrogen-bond acceptors (Lipinski definition) is 3. The minimum atomic E-state index is -4.74.